The molecule has 164 valence electrons. The number of para-hydroxylation sites is 1. The summed E-state index contributed by atoms with van der Waals surface area (Å²) >= 11 is 2.90. The molecular weight excluding hydrogens is 454 g/mol. The first-order valence-corrected chi connectivity index (χ1v) is 13.2. The van der Waals surface area contributed by atoms with E-state index in [4.69, 9.17) is 4.74 Å². The fourth-order valence-electron chi connectivity index (χ4n) is 3.44. The van der Waals surface area contributed by atoms with Gasteiger partial charge in [0, 0.05) is 18.8 Å². The van der Waals surface area contributed by atoms with Crippen molar-refractivity contribution >= 4 is 54.9 Å². The molecule has 2 heterocycles. The van der Waals surface area contributed by atoms with Gasteiger partial charge in [-0.3, -0.25) is 4.79 Å². The van der Waals surface area contributed by atoms with Crippen LogP contribution in [0.5, 0.6) is 5.75 Å². The summed E-state index contributed by atoms with van der Waals surface area (Å²) in [7, 11) is -2.25. The Morgan fingerprint density at radius 3 is 2.71 bits per heavy atom. The Labute approximate surface area is 189 Å². The van der Waals surface area contributed by atoms with Gasteiger partial charge >= 0.3 is 0 Å². The number of methoxy groups -OCH3 is 1. The Balaban J connectivity index is 1.46. The first kappa shape index (κ1) is 22.1. The minimum Gasteiger partial charge on any atom is -0.495 e. The largest absolute Gasteiger partial charge is 0.495 e. The van der Waals surface area contributed by atoms with Gasteiger partial charge in [-0.15, -0.1) is 11.3 Å². The van der Waals surface area contributed by atoms with Crippen LogP contribution in [0, 0.1) is 0 Å². The molecule has 31 heavy (non-hydrogen) atoms. The quantitative estimate of drug-likeness (QED) is 0.513. The Hall–Kier alpha value is -2.14. The minimum absolute atomic E-state index is 0.0773. The van der Waals surface area contributed by atoms with Gasteiger partial charge in [0.05, 0.1) is 23.1 Å². The predicted molar refractivity (Wildman–Crippen MR) is 125 cm³/mol. The lowest BCUT2D eigenvalue weighted by Gasteiger charge is -2.26. The predicted octanol–water partition coefficient (Wildman–Crippen LogP) is 4.21. The van der Waals surface area contributed by atoms with Crippen LogP contribution >= 0.6 is 23.1 Å². The number of fused-ring (bicyclic) bond motifs is 1. The highest BCUT2D eigenvalue weighted by atomic mass is 32.2. The number of amides is 1. The number of nitrogens with zero attached hydrogens (tertiary/aromatic N) is 2. The number of aromatic nitrogens is 1. The van der Waals surface area contributed by atoms with Crippen LogP contribution in [0.3, 0.4) is 0 Å². The molecule has 2 aromatic carbocycles. The summed E-state index contributed by atoms with van der Waals surface area (Å²) in [6.45, 7) is 1.00. The van der Waals surface area contributed by atoms with E-state index >= 15 is 0 Å². The molecule has 0 atom stereocenters. The fourth-order valence-corrected chi connectivity index (χ4v) is 7.00. The number of thiazole rings is 1. The van der Waals surface area contributed by atoms with E-state index in [1.807, 2.05) is 24.3 Å². The maximum atomic E-state index is 13.1. The molecule has 10 heteroatoms. The van der Waals surface area contributed by atoms with Crippen molar-refractivity contribution in [2.24, 2.45) is 0 Å². The van der Waals surface area contributed by atoms with Crippen molar-refractivity contribution in [2.45, 2.75) is 28.5 Å². The maximum absolute atomic E-state index is 13.1. The molecule has 1 fully saturated rings. The number of anilines is 1. The average molecular weight is 478 g/mol. The van der Waals surface area contributed by atoms with E-state index < -0.39 is 10.0 Å². The molecular formula is C21H23N3O4S3. The van der Waals surface area contributed by atoms with Crippen molar-refractivity contribution in [3.8, 4) is 5.75 Å². The van der Waals surface area contributed by atoms with Gasteiger partial charge in [-0.25, -0.2) is 13.4 Å². The van der Waals surface area contributed by atoms with Crippen LogP contribution in [0.1, 0.15) is 19.3 Å². The Morgan fingerprint density at radius 1 is 1.19 bits per heavy atom. The highest BCUT2D eigenvalue weighted by molar-refractivity contribution is 8.01. The normalized spacial score (nSPS) is 15.1. The third-order valence-electron chi connectivity index (χ3n) is 4.98. The Morgan fingerprint density at radius 2 is 1.97 bits per heavy atom. The number of ether oxygens (including phenoxy) is 1. The molecule has 0 unspecified atom stereocenters. The average Bonchev–Trinajstić information content (AvgIpc) is 3.21. The molecule has 0 saturated carbocycles. The molecule has 4 rings (SSSR count). The molecule has 3 aromatic rings. The summed E-state index contributed by atoms with van der Waals surface area (Å²) in [5, 5.41) is 2.79. The van der Waals surface area contributed by atoms with Gasteiger partial charge in [-0.05, 0) is 43.2 Å². The van der Waals surface area contributed by atoms with Crippen molar-refractivity contribution in [3.63, 3.8) is 0 Å². The zero-order chi connectivity index (χ0) is 21.8. The maximum Gasteiger partial charge on any atom is 0.246 e. The van der Waals surface area contributed by atoms with E-state index in [1.165, 1.54) is 29.2 Å². The molecule has 1 aliphatic rings. The number of piperidine rings is 1. The molecule has 0 radical (unpaired) electrons. The number of carbonyl (C=O) groups is 1. The van der Waals surface area contributed by atoms with E-state index in [0.29, 0.717) is 18.8 Å². The molecule has 7 nitrogen and oxygen atoms in total. The van der Waals surface area contributed by atoms with Crippen LogP contribution in [0.4, 0.5) is 5.69 Å². The summed E-state index contributed by atoms with van der Waals surface area (Å²) in [4.78, 5) is 17.1. The number of benzene rings is 2. The van der Waals surface area contributed by atoms with E-state index in [2.05, 4.69) is 10.3 Å². The van der Waals surface area contributed by atoms with Crippen molar-refractivity contribution in [3.05, 3.63) is 42.5 Å². The number of rotatable bonds is 7. The second-order valence-corrected chi connectivity index (χ2v) is 11.3. The zero-order valence-electron chi connectivity index (χ0n) is 17.0. The number of carbonyl (C=O) groups excluding carboxylic acids is 1. The fraction of sp³-hybridized carbons (Fsp3) is 0.333. The van der Waals surface area contributed by atoms with Crippen LogP contribution in [-0.2, 0) is 14.8 Å². The third-order valence-corrected chi connectivity index (χ3v) is 9.08. The number of nitrogens with one attached hydrogen (secondary N) is 1. The highest BCUT2D eigenvalue weighted by Gasteiger charge is 2.29. The van der Waals surface area contributed by atoms with Crippen LogP contribution in [0.15, 0.2) is 51.7 Å². The number of hydrogen-bond donors (Lipinski definition) is 1. The minimum atomic E-state index is -3.69. The highest BCUT2D eigenvalue weighted by Crippen LogP contribution is 2.32. The van der Waals surface area contributed by atoms with Gasteiger partial charge in [0.15, 0.2) is 4.34 Å². The summed E-state index contributed by atoms with van der Waals surface area (Å²) in [5.74, 6) is 0.225. The lowest BCUT2D eigenvalue weighted by Crippen LogP contribution is -2.35. The molecule has 0 aliphatic carbocycles. The molecule has 1 saturated heterocycles. The molecule has 0 spiro atoms. The van der Waals surface area contributed by atoms with Gasteiger partial charge in [0.25, 0.3) is 0 Å². The molecule has 1 aliphatic heterocycles. The lowest BCUT2D eigenvalue weighted by atomic mass is 10.2. The number of thioether (sulfide) groups is 1. The second-order valence-electron chi connectivity index (χ2n) is 7.11. The number of hydrogen-bond acceptors (Lipinski definition) is 7. The Bertz CT molecular complexity index is 1150. The SMILES string of the molecule is COc1ccc(NC(=O)CSc2nc3ccccc3s2)cc1S(=O)(=O)N1CCCCC1. The molecule has 1 aromatic heterocycles. The van der Waals surface area contributed by atoms with Gasteiger partial charge in [0.1, 0.15) is 10.6 Å². The van der Waals surface area contributed by atoms with Gasteiger partial charge in [-0.1, -0.05) is 30.3 Å². The number of sulfonamides is 1. The lowest BCUT2D eigenvalue weighted by molar-refractivity contribution is -0.113. The Kier molecular flexibility index (Phi) is 6.80. The summed E-state index contributed by atoms with van der Waals surface area (Å²) in [6.07, 6.45) is 2.73. The summed E-state index contributed by atoms with van der Waals surface area (Å²) in [5.41, 5.74) is 1.34. The summed E-state index contributed by atoms with van der Waals surface area (Å²) in [6, 6.07) is 12.5. The van der Waals surface area contributed by atoms with Crippen molar-refractivity contribution in [1.82, 2.24) is 9.29 Å². The molecule has 1 N–H and O–H groups in total. The molecule has 0 bridgehead atoms. The van der Waals surface area contributed by atoms with Crippen LogP contribution in [0.25, 0.3) is 10.2 Å². The van der Waals surface area contributed by atoms with Gasteiger partial charge in [-0.2, -0.15) is 4.31 Å². The van der Waals surface area contributed by atoms with Gasteiger partial charge < -0.3 is 10.1 Å². The van der Waals surface area contributed by atoms with Crippen molar-refractivity contribution in [2.75, 3.05) is 31.3 Å². The van der Waals surface area contributed by atoms with Crippen LogP contribution in [-0.4, -0.2) is 49.6 Å². The van der Waals surface area contributed by atoms with Crippen LogP contribution in [0.2, 0.25) is 0 Å². The van der Waals surface area contributed by atoms with Crippen LogP contribution < -0.4 is 10.1 Å². The van der Waals surface area contributed by atoms with E-state index in [-0.39, 0.29) is 22.3 Å². The molecule has 1 amide bonds. The van der Waals surface area contributed by atoms with E-state index in [1.54, 1.807) is 23.5 Å². The topological polar surface area (TPSA) is 88.6 Å². The van der Waals surface area contributed by atoms with Gasteiger partial charge in [0.2, 0.25) is 15.9 Å². The summed E-state index contributed by atoms with van der Waals surface area (Å²) < 4.78 is 34.9. The third kappa shape index (κ3) is 5.03. The van der Waals surface area contributed by atoms with Crippen molar-refractivity contribution in [1.29, 1.82) is 0 Å². The standard InChI is InChI=1S/C21H23N3O4S3/c1-28-17-10-9-15(13-19(17)31(26,27)24-11-5-2-6-12-24)22-20(25)14-29-21-23-16-7-3-4-8-18(16)30-21/h3-4,7-10,13H,2,5-6,11-12,14H2,1H3,(H,22,25). The smallest absolute Gasteiger partial charge is 0.246 e. The van der Waals surface area contributed by atoms with E-state index in [0.717, 1.165) is 33.8 Å². The van der Waals surface area contributed by atoms with Crippen molar-refractivity contribution < 1.29 is 17.9 Å². The first-order chi connectivity index (χ1) is 15.0. The first-order valence-electron chi connectivity index (χ1n) is 9.94. The van der Waals surface area contributed by atoms with E-state index in [9.17, 15) is 13.2 Å². The second kappa shape index (κ2) is 9.56. The monoisotopic (exact) mass is 477 g/mol. The zero-order valence-corrected chi connectivity index (χ0v) is 19.5.